The van der Waals surface area contributed by atoms with E-state index in [4.69, 9.17) is 30.5 Å². The van der Waals surface area contributed by atoms with Gasteiger partial charge in [-0.1, -0.05) is 11.6 Å². The van der Waals surface area contributed by atoms with Gasteiger partial charge in [0.15, 0.2) is 18.1 Å². The van der Waals surface area contributed by atoms with Gasteiger partial charge in [-0.25, -0.2) is 0 Å². The summed E-state index contributed by atoms with van der Waals surface area (Å²) in [6, 6.07) is 0. The van der Waals surface area contributed by atoms with E-state index >= 15 is 0 Å². The Morgan fingerprint density at radius 2 is 1.82 bits per heavy atom. The smallest absolute Gasteiger partial charge is 0.156 e. The zero-order valence-electron chi connectivity index (χ0n) is 9.65. The molecule has 2 N–H and O–H groups in total. The van der Waals surface area contributed by atoms with Gasteiger partial charge in [0.25, 0.3) is 0 Å². The summed E-state index contributed by atoms with van der Waals surface area (Å²) in [5.41, 5.74) is -1.41. The first-order chi connectivity index (χ1) is 7.99. The van der Waals surface area contributed by atoms with Crippen molar-refractivity contribution in [1.82, 2.24) is 0 Å². The molecule has 2 rings (SSSR count). The first-order valence-electron chi connectivity index (χ1n) is 5.57. The summed E-state index contributed by atoms with van der Waals surface area (Å²) in [4.78, 5) is 0. The first kappa shape index (κ1) is 13.5. The number of rotatable bonds is 2. The molecule has 3 unspecified atom stereocenters. The third-order valence-electron chi connectivity index (χ3n) is 2.87. The predicted molar refractivity (Wildman–Crippen MR) is 57.4 cm³/mol. The van der Waals surface area contributed by atoms with Crippen molar-refractivity contribution in [2.75, 3.05) is 6.61 Å². The summed E-state index contributed by atoms with van der Waals surface area (Å²) >= 11 is 5.47. The van der Waals surface area contributed by atoms with E-state index in [1.54, 1.807) is 13.8 Å². The Morgan fingerprint density at radius 1 is 1.12 bits per heavy atom. The molecule has 0 radical (unpaired) electrons. The van der Waals surface area contributed by atoms with Gasteiger partial charge in [-0.15, -0.1) is 0 Å². The lowest BCUT2D eigenvalue weighted by molar-refractivity contribution is -0.362. The van der Waals surface area contributed by atoms with Crippen LogP contribution in [0.1, 0.15) is 13.8 Å². The molecule has 0 spiro atoms. The molecule has 2 saturated heterocycles. The van der Waals surface area contributed by atoms with Gasteiger partial charge >= 0.3 is 0 Å². The van der Waals surface area contributed by atoms with Gasteiger partial charge < -0.3 is 29.2 Å². The summed E-state index contributed by atoms with van der Waals surface area (Å²) in [6.45, 7) is 3.81. The fraction of sp³-hybridized carbons (Fsp3) is 1.00. The Balaban J connectivity index is 2.11. The standard InChI is InChI=1S/C10H17ClO6/c1-4-14-3-6-8(16-4)9(7(12)10(11)13)17-5(2)15-6/h4-10,12-13H,3H2,1-2H3/t4?,5?,6-,7-,8-,9-,10?/m1/s1. The minimum atomic E-state index is -1.41. The monoisotopic (exact) mass is 268 g/mol. The summed E-state index contributed by atoms with van der Waals surface area (Å²) in [5, 5.41) is 19.0. The van der Waals surface area contributed by atoms with E-state index in [0.717, 1.165) is 0 Å². The van der Waals surface area contributed by atoms with Gasteiger partial charge in [-0.3, -0.25) is 0 Å². The van der Waals surface area contributed by atoms with Gasteiger partial charge in [-0.2, -0.15) is 0 Å². The molecule has 2 fully saturated rings. The van der Waals surface area contributed by atoms with Crippen molar-refractivity contribution >= 4 is 11.6 Å². The zero-order valence-corrected chi connectivity index (χ0v) is 10.4. The molecule has 0 aromatic heterocycles. The largest absolute Gasteiger partial charge is 0.386 e. The molecule has 0 aromatic carbocycles. The second kappa shape index (κ2) is 5.36. The van der Waals surface area contributed by atoms with E-state index in [9.17, 15) is 10.2 Å². The number of aliphatic hydroxyl groups is 2. The van der Waals surface area contributed by atoms with Crippen LogP contribution in [0.5, 0.6) is 0 Å². The molecule has 0 bridgehead atoms. The van der Waals surface area contributed by atoms with E-state index in [1.165, 1.54) is 0 Å². The first-order valence-corrected chi connectivity index (χ1v) is 6.01. The third-order valence-corrected chi connectivity index (χ3v) is 3.13. The molecule has 7 heteroatoms. The maximum atomic E-state index is 9.81. The van der Waals surface area contributed by atoms with Crippen molar-refractivity contribution in [3.8, 4) is 0 Å². The maximum absolute atomic E-state index is 9.81. The number of hydrogen-bond acceptors (Lipinski definition) is 6. The number of halogens is 1. The number of fused-ring (bicyclic) bond motifs is 1. The zero-order chi connectivity index (χ0) is 12.6. The van der Waals surface area contributed by atoms with Crippen LogP contribution in [0.4, 0.5) is 0 Å². The van der Waals surface area contributed by atoms with Crippen molar-refractivity contribution in [1.29, 1.82) is 0 Å². The van der Waals surface area contributed by atoms with Crippen LogP contribution < -0.4 is 0 Å². The highest BCUT2D eigenvalue weighted by atomic mass is 35.5. The molecule has 6 nitrogen and oxygen atoms in total. The van der Waals surface area contributed by atoms with Crippen molar-refractivity contribution in [3.63, 3.8) is 0 Å². The van der Waals surface area contributed by atoms with Crippen molar-refractivity contribution in [2.24, 2.45) is 0 Å². The number of aliphatic hydroxyl groups excluding tert-OH is 2. The lowest BCUT2D eigenvalue weighted by Crippen LogP contribution is -2.61. The van der Waals surface area contributed by atoms with Crippen molar-refractivity contribution in [2.45, 2.75) is 56.4 Å². The lowest BCUT2D eigenvalue weighted by Gasteiger charge is -2.46. The fourth-order valence-corrected chi connectivity index (χ4v) is 2.23. The molecule has 2 heterocycles. The fourth-order valence-electron chi connectivity index (χ4n) is 2.09. The van der Waals surface area contributed by atoms with Crippen LogP contribution in [0, 0.1) is 0 Å². The Bertz CT molecular complexity index is 263. The van der Waals surface area contributed by atoms with Crippen LogP contribution in [-0.4, -0.2) is 59.4 Å². The summed E-state index contributed by atoms with van der Waals surface area (Å²) in [7, 11) is 0. The summed E-state index contributed by atoms with van der Waals surface area (Å²) in [6.07, 6.45) is -3.71. The Labute approximate surface area is 104 Å². The van der Waals surface area contributed by atoms with E-state index in [2.05, 4.69) is 0 Å². The van der Waals surface area contributed by atoms with Crippen LogP contribution in [0.25, 0.3) is 0 Å². The topological polar surface area (TPSA) is 77.4 Å². The molecule has 0 amide bonds. The molecular formula is C10H17ClO6. The molecule has 100 valence electrons. The molecule has 0 aromatic rings. The average Bonchev–Trinajstić information content (AvgIpc) is 2.27. The lowest BCUT2D eigenvalue weighted by atomic mass is 10.0. The number of ether oxygens (including phenoxy) is 4. The van der Waals surface area contributed by atoms with Gasteiger partial charge in [0, 0.05) is 0 Å². The van der Waals surface area contributed by atoms with Gasteiger partial charge in [0.1, 0.15) is 24.4 Å². The maximum Gasteiger partial charge on any atom is 0.156 e. The van der Waals surface area contributed by atoms with Crippen LogP contribution >= 0.6 is 11.6 Å². The van der Waals surface area contributed by atoms with E-state index in [1.807, 2.05) is 0 Å². The third kappa shape index (κ3) is 2.90. The summed E-state index contributed by atoms with van der Waals surface area (Å²) < 4.78 is 21.7. The van der Waals surface area contributed by atoms with Gasteiger partial charge in [0.2, 0.25) is 0 Å². The highest BCUT2D eigenvalue weighted by Crippen LogP contribution is 2.30. The molecule has 7 atom stereocenters. The quantitative estimate of drug-likeness (QED) is 0.675. The molecule has 2 aliphatic rings. The summed E-state index contributed by atoms with van der Waals surface area (Å²) in [5.74, 6) is 0. The SMILES string of the molecule is CC1OC[C@H]2OC(C)O[C@H]([C@@H](O)C(O)Cl)[C@@H]2O1. The predicted octanol–water partition coefficient (Wildman–Crippen LogP) is -0.204. The second-order valence-corrected chi connectivity index (χ2v) is 4.65. The highest BCUT2D eigenvalue weighted by molar-refractivity contribution is 6.19. The van der Waals surface area contributed by atoms with Gasteiger partial charge in [0.05, 0.1) is 6.61 Å². The molecule has 0 saturated carbocycles. The van der Waals surface area contributed by atoms with Crippen molar-refractivity contribution in [3.05, 3.63) is 0 Å². The Kier molecular flexibility index (Phi) is 4.25. The van der Waals surface area contributed by atoms with E-state index in [0.29, 0.717) is 6.61 Å². The average molecular weight is 269 g/mol. The molecule has 0 aliphatic carbocycles. The van der Waals surface area contributed by atoms with E-state index in [-0.39, 0.29) is 6.10 Å². The van der Waals surface area contributed by atoms with Gasteiger partial charge in [-0.05, 0) is 13.8 Å². The second-order valence-electron chi connectivity index (χ2n) is 4.21. The number of hydrogen-bond donors (Lipinski definition) is 2. The van der Waals surface area contributed by atoms with Crippen LogP contribution in [-0.2, 0) is 18.9 Å². The van der Waals surface area contributed by atoms with Crippen LogP contribution in [0.15, 0.2) is 0 Å². The highest BCUT2D eigenvalue weighted by Gasteiger charge is 2.47. The van der Waals surface area contributed by atoms with Crippen LogP contribution in [0.2, 0.25) is 0 Å². The normalized spacial score (nSPS) is 46.1. The van der Waals surface area contributed by atoms with Crippen LogP contribution in [0.3, 0.4) is 0 Å². The van der Waals surface area contributed by atoms with E-state index < -0.39 is 36.5 Å². The minimum Gasteiger partial charge on any atom is -0.386 e. The molecular weight excluding hydrogens is 252 g/mol. The Hall–Kier alpha value is 0.0500. The Morgan fingerprint density at radius 3 is 2.47 bits per heavy atom. The number of alkyl halides is 1. The molecule has 2 aliphatic heterocycles. The molecule has 17 heavy (non-hydrogen) atoms. The minimum absolute atomic E-state index is 0.329. The van der Waals surface area contributed by atoms with Crippen molar-refractivity contribution < 1.29 is 29.2 Å².